The maximum absolute atomic E-state index is 13.8. The Morgan fingerprint density at radius 2 is 1.75 bits per heavy atom. The van der Waals surface area contributed by atoms with Crippen molar-refractivity contribution < 1.29 is 4.79 Å². The van der Waals surface area contributed by atoms with Crippen LogP contribution in [0, 0.1) is 6.92 Å². The first-order chi connectivity index (χ1) is 19.6. The molecule has 7 rings (SSSR count). The van der Waals surface area contributed by atoms with Crippen LogP contribution in [-0.2, 0) is 4.79 Å². The molecule has 0 atom stereocenters. The number of thiazole rings is 1. The first-order valence-electron chi connectivity index (χ1n) is 13.0. The normalized spacial score (nSPS) is 18.2. The van der Waals surface area contributed by atoms with E-state index in [1.54, 1.807) is 28.0 Å². The molecule has 1 fully saturated rings. The Bertz CT molecular complexity index is 1890. The molecular weight excluding hydrogens is 553 g/mol. The summed E-state index contributed by atoms with van der Waals surface area (Å²) >= 11 is 4.83. The second-order valence-corrected chi connectivity index (χ2v) is 12.6. The molecule has 2 aliphatic heterocycles. The van der Waals surface area contributed by atoms with Gasteiger partial charge in [-0.2, -0.15) is 0 Å². The highest BCUT2D eigenvalue weighted by Crippen LogP contribution is 2.49. The molecule has 5 aromatic rings. The lowest BCUT2D eigenvalue weighted by Crippen LogP contribution is -2.28. The monoisotopic (exact) mass is 576 g/mol. The van der Waals surface area contributed by atoms with Crippen molar-refractivity contribution in [3.63, 3.8) is 0 Å². The molecule has 0 unspecified atom stereocenters. The van der Waals surface area contributed by atoms with Crippen molar-refractivity contribution >= 4 is 84.0 Å². The number of rotatable bonds is 4. The minimum absolute atomic E-state index is 0.0774. The smallest absolute Gasteiger partial charge is 0.271 e. The van der Waals surface area contributed by atoms with Gasteiger partial charge in [0.15, 0.2) is 5.17 Å². The van der Waals surface area contributed by atoms with Crippen LogP contribution in [0.2, 0.25) is 0 Å². The van der Waals surface area contributed by atoms with Gasteiger partial charge in [-0.25, -0.2) is 9.98 Å². The molecule has 3 heterocycles. The molecule has 0 saturated carbocycles. The summed E-state index contributed by atoms with van der Waals surface area (Å²) in [5.74, 6) is -0.0774. The number of aliphatic imine (C=N–C) groups is 1. The topological polar surface area (TPSA) is 48.8 Å². The van der Waals surface area contributed by atoms with E-state index in [4.69, 9.17) is 4.99 Å². The molecule has 0 aliphatic carbocycles. The molecule has 40 heavy (non-hydrogen) atoms. The Morgan fingerprint density at radius 3 is 2.60 bits per heavy atom. The number of anilines is 2. The fraction of sp³-hybridized carbons (Fsp3) is 0.0938. The largest absolute Gasteiger partial charge is 0.335 e. The van der Waals surface area contributed by atoms with Crippen molar-refractivity contribution in [3.8, 4) is 0 Å². The highest BCUT2D eigenvalue weighted by Gasteiger charge is 2.35. The molecule has 0 spiro atoms. The first kappa shape index (κ1) is 25.1. The van der Waals surface area contributed by atoms with Crippen LogP contribution in [0.3, 0.4) is 0 Å². The molecule has 196 valence electrons. The van der Waals surface area contributed by atoms with Crippen molar-refractivity contribution in [1.82, 2.24) is 4.98 Å². The minimum atomic E-state index is -0.0774. The molecule has 5 nitrogen and oxygen atoms in total. The molecule has 2 aliphatic rings. The number of carbonyl (C=O) groups excluding carboxylic acids is 1. The average Bonchev–Trinajstić information content (AvgIpc) is 3.63. The van der Waals surface area contributed by atoms with E-state index in [1.807, 2.05) is 61.5 Å². The summed E-state index contributed by atoms with van der Waals surface area (Å²) in [5.41, 5.74) is 3.71. The number of nitrogens with zero attached hydrogens (tertiary/aromatic N) is 4. The Balaban J connectivity index is 1.26. The summed E-state index contributed by atoms with van der Waals surface area (Å²) in [6.07, 6.45) is 4.01. The second-order valence-electron chi connectivity index (χ2n) is 9.37. The Labute approximate surface area is 244 Å². The molecule has 0 N–H and O–H groups in total. The predicted octanol–water partition coefficient (Wildman–Crippen LogP) is 8.88. The zero-order valence-corrected chi connectivity index (χ0v) is 24.3. The van der Waals surface area contributed by atoms with Crippen LogP contribution in [0.25, 0.3) is 21.0 Å². The van der Waals surface area contributed by atoms with Crippen molar-refractivity contribution in [2.45, 2.75) is 18.7 Å². The Kier molecular flexibility index (Phi) is 6.46. The number of aromatic nitrogens is 1. The van der Waals surface area contributed by atoms with Crippen molar-refractivity contribution in [1.29, 1.82) is 0 Å². The summed E-state index contributed by atoms with van der Waals surface area (Å²) < 4.78 is 1.13. The lowest BCUT2D eigenvalue weighted by molar-refractivity contribution is -0.113. The van der Waals surface area contributed by atoms with Gasteiger partial charge in [0, 0.05) is 11.4 Å². The van der Waals surface area contributed by atoms with Crippen LogP contribution < -0.4 is 9.80 Å². The number of benzene rings is 4. The number of allylic oxidation sites excluding steroid dienone is 2. The number of amides is 1. The van der Waals surface area contributed by atoms with Gasteiger partial charge >= 0.3 is 0 Å². The van der Waals surface area contributed by atoms with Gasteiger partial charge in [-0.15, -0.1) is 11.3 Å². The van der Waals surface area contributed by atoms with Crippen LogP contribution in [0.5, 0.6) is 0 Å². The zero-order chi connectivity index (χ0) is 27.2. The van der Waals surface area contributed by atoms with E-state index in [2.05, 4.69) is 59.3 Å². The van der Waals surface area contributed by atoms with E-state index >= 15 is 0 Å². The maximum atomic E-state index is 13.8. The van der Waals surface area contributed by atoms with E-state index < -0.39 is 0 Å². The standard InChI is InChI=1S/C32H24N4OS3/c1-3-35-26-15-13-21-9-7-8-12-24(21)30(26)40-29(35)18-17-28-31(37)36(23-10-5-4-6-11-23)32(39-28)34-22-14-16-27-25(19-22)33-20(2)38-27/h4-19H,3H2,1-2H3/b28-17+,29-18-,34-32?. The summed E-state index contributed by atoms with van der Waals surface area (Å²) in [6.45, 7) is 5.01. The number of hydrogen-bond donors (Lipinski definition) is 0. The van der Waals surface area contributed by atoms with Gasteiger partial charge < -0.3 is 4.90 Å². The Morgan fingerprint density at radius 1 is 0.925 bits per heavy atom. The van der Waals surface area contributed by atoms with Crippen LogP contribution in [0.1, 0.15) is 11.9 Å². The van der Waals surface area contributed by atoms with Gasteiger partial charge in [0.25, 0.3) is 5.91 Å². The zero-order valence-electron chi connectivity index (χ0n) is 21.9. The van der Waals surface area contributed by atoms with Gasteiger partial charge in [0.05, 0.1) is 42.2 Å². The van der Waals surface area contributed by atoms with E-state index in [0.717, 1.165) is 38.2 Å². The maximum Gasteiger partial charge on any atom is 0.271 e. The third-order valence-electron chi connectivity index (χ3n) is 6.84. The lowest BCUT2D eigenvalue weighted by atomic mass is 10.1. The number of para-hydroxylation sites is 1. The summed E-state index contributed by atoms with van der Waals surface area (Å²) in [7, 11) is 0. The minimum Gasteiger partial charge on any atom is -0.335 e. The number of hydrogen-bond acceptors (Lipinski definition) is 7. The fourth-order valence-corrected chi connectivity index (χ4v) is 8.02. The van der Waals surface area contributed by atoms with Crippen LogP contribution in [-0.4, -0.2) is 22.6 Å². The van der Waals surface area contributed by atoms with Crippen molar-refractivity contribution in [2.75, 3.05) is 16.3 Å². The fourth-order valence-electron chi connectivity index (χ4n) is 5.01. The van der Waals surface area contributed by atoms with Crippen LogP contribution >= 0.6 is 34.9 Å². The van der Waals surface area contributed by atoms with Gasteiger partial charge in [0.1, 0.15) is 0 Å². The summed E-state index contributed by atoms with van der Waals surface area (Å²) in [5, 5.41) is 5.25. The predicted molar refractivity (Wildman–Crippen MR) is 172 cm³/mol. The van der Waals surface area contributed by atoms with E-state index in [9.17, 15) is 4.79 Å². The van der Waals surface area contributed by atoms with E-state index in [0.29, 0.717) is 10.1 Å². The highest BCUT2D eigenvalue weighted by atomic mass is 32.2. The molecule has 8 heteroatoms. The molecule has 1 amide bonds. The summed E-state index contributed by atoms with van der Waals surface area (Å²) in [6, 6.07) is 28.6. The average molecular weight is 577 g/mol. The SMILES string of the molecule is CCN1/C(=C/C=C2/SC(=Nc3ccc4sc(C)nc4c3)N(c3ccccc3)C2=O)Sc2c1ccc1ccccc21. The van der Waals surface area contributed by atoms with Crippen LogP contribution in [0.15, 0.2) is 117 Å². The second kappa shape index (κ2) is 10.3. The lowest BCUT2D eigenvalue weighted by Gasteiger charge is -2.17. The van der Waals surface area contributed by atoms with Gasteiger partial charge in [0.2, 0.25) is 0 Å². The van der Waals surface area contributed by atoms with Crippen LogP contribution in [0.4, 0.5) is 17.1 Å². The third kappa shape index (κ3) is 4.42. The van der Waals surface area contributed by atoms with E-state index in [-0.39, 0.29) is 5.91 Å². The Hall–Kier alpha value is -3.85. The van der Waals surface area contributed by atoms with E-state index in [1.165, 1.54) is 33.1 Å². The molecule has 1 aromatic heterocycles. The van der Waals surface area contributed by atoms with Crippen molar-refractivity contribution in [2.24, 2.45) is 4.99 Å². The first-order valence-corrected chi connectivity index (χ1v) is 15.5. The number of amidine groups is 1. The number of carbonyl (C=O) groups is 1. The molecule has 0 bridgehead atoms. The van der Waals surface area contributed by atoms with Gasteiger partial charge in [-0.1, -0.05) is 60.3 Å². The van der Waals surface area contributed by atoms with Gasteiger partial charge in [-0.05, 0) is 84.9 Å². The highest BCUT2D eigenvalue weighted by molar-refractivity contribution is 8.19. The summed E-state index contributed by atoms with van der Waals surface area (Å²) in [4.78, 5) is 29.2. The number of aryl methyl sites for hydroxylation is 1. The quantitative estimate of drug-likeness (QED) is 0.200. The van der Waals surface area contributed by atoms with Gasteiger partial charge in [-0.3, -0.25) is 9.69 Å². The number of thioether (sulfide) groups is 2. The third-order valence-corrected chi connectivity index (χ3v) is 9.98. The van der Waals surface area contributed by atoms with Crippen molar-refractivity contribution in [3.05, 3.63) is 112 Å². The molecular formula is C32H24N4OS3. The molecule has 4 aromatic carbocycles. The number of fused-ring (bicyclic) bond motifs is 4. The molecule has 0 radical (unpaired) electrons. The molecule has 1 saturated heterocycles.